The molecule has 0 heterocycles. The van der Waals surface area contributed by atoms with Gasteiger partial charge in [-0.25, -0.2) is 31.5 Å². The van der Waals surface area contributed by atoms with E-state index in [2.05, 4.69) is 5.48 Å². The van der Waals surface area contributed by atoms with Crippen LogP contribution < -0.4 is 5.48 Å². The van der Waals surface area contributed by atoms with Crippen molar-refractivity contribution < 1.29 is 35.6 Å². The maximum Gasteiger partial charge on any atom is 0.274 e. The van der Waals surface area contributed by atoms with Gasteiger partial charge < -0.3 is 0 Å². The number of hydrogen-bond acceptors (Lipinski definition) is 4. The van der Waals surface area contributed by atoms with Gasteiger partial charge in [0.15, 0.2) is 23.3 Å². The maximum absolute atomic E-state index is 14.2. The average molecular weight is 545 g/mol. The Kier molecular flexibility index (Phi) is 9.07. The molecule has 3 aromatic rings. The van der Waals surface area contributed by atoms with Gasteiger partial charge in [0.25, 0.3) is 5.91 Å². The molecule has 1 N–H and O–H groups in total. The number of halogens is 5. The Balaban J connectivity index is 1.78. The van der Waals surface area contributed by atoms with Crippen LogP contribution in [0.1, 0.15) is 34.8 Å². The number of sulfonamides is 1. The summed E-state index contributed by atoms with van der Waals surface area (Å²) in [5.74, 6) is -8.81. The number of carbonyl (C=O) groups excluding carboxylic acids is 1. The Morgan fingerprint density at radius 3 is 2.33 bits per heavy atom. The summed E-state index contributed by atoms with van der Waals surface area (Å²) in [6.07, 6.45) is 0.268. The molecular weight excluding hydrogens is 524 g/mol. The molecule has 0 unspecified atom stereocenters. The van der Waals surface area contributed by atoms with Gasteiger partial charge in [0.1, 0.15) is 4.90 Å². The second-order valence-electron chi connectivity index (χ2n) is 7.65. The zero-order valence-electron chi connectivity index (χ0n) is 18.9. The van der Waals surface area contributed by atoms with Crippen molar-refractivity contribution >= 4 is 27.5 Å². The van der Waals surface area contributed by atoms with Gasteiger partial charge in [-0.05, 0) is 29.7 Å². The van der Waals surface area contributed by atoms with Gasteiger partial charge in [-0.15, -0.1) is 0 Å². The fourth-order valence-electron chi connectivity index (χ4n) is 3.24. The van der Waals surface area contributed by atoms with Crippen LogP contribution in [0.15, 0.2) is 59.5 Å². The van der Waals surface area contributed by atoms with E-state index < -0.39 is 50.6 Å². The number of carbonyl (C=O) groups is 1. The van der Waals surface area contributed by atoms with Crippen molar-refractivity contribution in [1.29, 1.82) is 0 Å². The minimum absolute atomic E-state index is 0.0129. The van der Waals surface area contributed by atoms with E-state index in [0.717, 1.165) is 9.87 Å². The van der Waals surface area contributed by atoms with E-state index in [0.29, 0.717) is 0 Å². The molecule has 0 fully saturated rings. The summed E-state index contributed by atoms with van der Waals surface area (Å²) in [7, 11) is -4.78. The Labute approximate surface area is 210 Å². The lowest BCUT2D eigenvalue weighted by atomic mass is 10.1. The van der Waals surface area contributed by atoms with Crippen LogP contribution in [-0.4, -0.2) is 25.2 Å². The van der Waals surface area contributed by atoms with Crippen LogP contribution in [0.2, 0.25) is 5.02 Å². The molecule has 12 heteroatoms. The number of rotatable bonds is 10. The standard InChI is InChI=1S/C24H21ClF4N2O4S/c1-2-10-31(36(33,34)20-12-19(26)21(27)23(29)22(20)28)13-17-9-8-16(11-18(17)25)24(32)30-35-14-15-6-4-3-5-7-15/h3-9,11-12H,2,10,13-14H2,1H3,(H,30,32). The minimum Gasteiger partial charge on any atom is -0.269 e. The highest BCUT2D eigenvalue weighted by Crippen LogP contribution is 2.28. The summed E-state index contributed by atoms with van der Waals surface area (Å²) in [6, 6.07) is 13.2. The number of benzene rings is 3. The molecule has 0 aliphatic rings. The van der Waals surface area contributed by atoms with E-state index in [1.54, 1.807) is 6.92 Å². The number of nitrogens with one attached hydrogen (secondary N) is 1. The van der Waals surface area contributed by atoms with Crippen LogP contribution in [0.5, 0.6) is 0 Å². The van der Waals surface area contributed by atoms with E-state index in [1.165, 1.54) is 18.2 Å². The van der Waals surface area contributed by atoms with Gasteiger partial charge in [-0.1, -0.05) is 54.9 Å². The Morgan fingerprint density at radius 2 is 1.69 bits per heavy atom. The molecule has 0 aliphatic heterocycles. The first kappa shape index (κ1) is 27.6. The van der Waals surface area contributed by atoms with Crippen molar-refractivity contribution in [3.05, 3.63) is 99.6 Å². The van der Waals surface area contributed by atoms with Gasteiger partial charge >= 0.3 is 0 Å². The first-order valence-corrected chi connectivity index (χ1v) is 12.5. The number of hydrogen-bond donors (Lipinski definition) is 1. The van der Waals surface area contributed by atoms with Crippen molar-refractivity contribution in [2.24, 2.45) is 0 Å². The normalized spacial score (nSPS) is 11.6. The average Bonchev–Trinajstić information content (AvgIpc) is 2.86. The molecule has 0 spiro atoms. The summed E-state index contributed by atoms with van der Waals surface area (Å²) in [6.45, 7) is 1.20. The number of nitrogens with zero attached hydrogens (tertiary/aromatic N) is 1. The fraction of sp³-hybridized carbons (Fsp3) is 0.208. The fourth-order valence-corrected chi connectivity index (χ4v) is 5.06. The predicted molar refractivity (Wildman–Crippen MR) is 124 cm³/mol. The molecule has 0 bridgehead atoms. The highest BCUT2D eigenvalue weighted by atomic mass is 35.5. The number of amides is 1. The zero-order chi connectivity index (χ0) is 26.5. The molecule has 0 saturated carbocycles. The maximum atomic E-state index is 14.2. The van der Waals surface area contributed by atoms with Crippen LogP contribution >= 0.6 is 11.6 Å². The zero-order valence-corrected chi connectivity index (χ0v) is 20.5. The molecule has 1 amide bonds. The lowest BCUT2D eigenvalue weighted by Gasteiger charge is -2.23. The van der Waals surface area contributed by atoms with E-state index in [-0.39, 0.29) is 41.8 Å². The Morgan fingerprint density at radius 1 is 1.00 bits per heavy atom. The Hall–Kier alpha value is -2.99. The first-order valence-electron chi connectivity index (χ1n) is 10.6. The third kappa shape index (κ3) is 6.22. The largest absolute Gasteiger partial charge is 0.274 e. The van der Waals surface area contributed by atoms with E-state index in [4.69, 9.17) is 16.4 Å². The topological polar surface area (TPSA) is 75.7 Å². The molecular formula is C24H21ClF4N2O4S. The van der Waals surface area contributed by atoms with Crippen molar-refractivity contribution in [1.82, 2.24) is 9.79 Å². The second kappa shape index (κ2) is 11.8. The quantitative estimate of drug-likeness (QED) is 0.161. The molecule has 0 atom stereocenters. The molecule has 192 valence electrons. The van der Waals surface area contributed by atoms with Crippen LogP contribution in [0, 0.1) is 23.3 Å². The monoisotopic (exact) mass is 544 g/mol. The first-order chi connectivity index (χ1) is 17.1. The van der Waals surface area contributed by atoms with Crippen LogP contribution in [0.4, 0.5) is 17.6 Å². The molecule has 6 nitrogen and oxygen atoms in total. The van der Waals surface area contributed by atoms with E-state index >= 15 is 0 Å². The summed E-state index contributed by atoms with van der Waals surface area (Å²) < 4.78 is 81.6. The molecule has 0 saturated heterocycles. The molecule has 3 rings (SSSR count). The van der Waals surface area contributed by atoms with Crippen molar-refractivity contribution in [2.75, 3.05) is 6.54 Å². The number of hydroxylamine groups is 1. The third-order valence-corrected chi connectivity index (χ3v) is 7.26. The van der Waals surface area contributed by atoms with Gasteiger partial charge in [0.05, 0.1) is 6.61 Å². The second-order valence-corrected chi connectivity index (χ2v) is 9.96. The molecule has 0 aliphatic carbocycles. The Bertz CT molecular complexity index is 1360. The predicted octanol–water partition coefficient (Wildman–Crippen LogP) is 5.36. The smallest absolute Gasteiger partial charge is 0.269 e. The third-order valence-electron chi connectivity index (χ3n) is 5.07. The molecule has 0 radical (unpaired) electrons. The summed E-state index contributed by atoms with van der Waals surface area (Å²) in [5, 5.41) is 0.0129. The SMILES string of the molecule is CCCN(Cc1ccc(C(=O)NOCc2ccccc2)cc1Cl)S(=O)(=O)c1cc(F)c(F)c(F)c1F. The van der Waals surface area contributed by atoms with Gasteiger partial charge in [0.2, 0.25) is 10.0 Å². The van der Waals surface area contributed by atoms with Gasteiger partial charge in [-0.2, -0.15) is 4.31 Å². The highest BCUT2D eigenvalue weighted by molar-refractivity contribution is 7.89. The van der Waals surface area contributed by atoms with Gasteiger partial charge in [-0.3, -0.25) is 9.63 Å². The molecule has 36 heavy (non-hydrogen) atoms. The minimum atomic E-state index is -4.78. The van der Waals surface area contributed by atoms with Crippen LogP contribution in [0.25, 0.3) is 0 Å². The summed E-state index contributed by atoms with van der Waals surface area (Å²) in [5.41, 5.74) is 3.46. The summed E-state index contributed by atoms with van der Waals surface area (Å²) >= 11 is 6.26. The van der Waals surface area contributed by atoms with Gasteiger partial charge in [0, 0.05) is 29.7 Å². The van der Waals surface area contributed by atoms with Crippen molar-refractivity contribution in [2.45, 2.75) is 31.4 Å². The summed E-state index contributed by atoms with van der Waals surface area (Å²) in [4.78, 5) is 16.2. The molecule has 0 aromatic heterocycles. The van der Waals surface area contributed by atoms with Crippen molar-refractivity contribution in [3.63, 3.8) is 0 Å². The van der Waals surface area contributed by atoms with Crippen LogP contribution in [0.3, 0.4) is 0 Å². The van der Waals surface area contributed by atoms with E-state index in [9.17, 15) is 30.8 Å². The lowest BCUT2D eigenvalue weighted by molar-refractivity contribution is 0.0233. The van der Waals surface area contributed by atoms with Crippen molar-refractivity contribution in [3.8, 4) is 0 Å². The van der Waals surface area contributed by atoms with Crippen LogP contribution in [-0.2, 0) is 28.0 Å². The highest BCUT2D eigenvalue weighted by Gasteiger charge is 2.32. The van der Waals surface area contributed by atoms with E-state index in [1.807, 2.05) is 30.3 Å². The lowest BCUT2D eigenvalue weighted by Crippen LogP contribution is -2.32. The molecule has 3 aromatic carbocycles.